The van der Waals surface area contributed by atoms with E-state index in [4.69, 9.17) is 10.3 Å². The zero-order valence-electron chi connectivity index (χ0n) is 16.0. The first-order valence-corrected chi connectivity index (χ1v) is 9.97. The lowest BCUT2D eigenvalue weighted by atomic mass is 9.96. The predicted molar refractivity (Wildman–Crippen MR) is 111 cm³/mol. The molecule has 1 aliphatic carbocycles. The van der Waals surface area contributed by atoms with Crippen LogP contribution in [0.5, 0.6) is 0 Å². The number of nitrogen functional groups attached to an aromatic ring is 1. The van der Waals surface area contributed by atoms with Gasteiger partial charge in [-0.15, -0.1) is 0 Å². The lowest BCUT2D eigenvalue weighted by Gasteiger charge is -2.21. The molecule has 4 aromatic rings. The molecule has 0 aliphatic heterocycles. The first-order valence-electron chi connectivity index (χ1n) is 9.97. The largest absolute Gasteiger partial charge is 0.383 e. The summed E-state index contributed by atoms with van der Waals surface area (Å²) in [4.78, 5) is 8.86. The van der Waals surface area contributed by atoms with Crippen molar-refractivity contribution in [2.45, 2.75) is 38.1 Å². The molecule has 1 aliphatic rings. The third-order valence-corrected chi connectivity index (χ3v) is 5.49. The van der Waals surface area contributed by atoms with Gasteiger partial charge >= 0.3 is 0 Å². The smallest absolute Gasteiger partial charge is 0.258 e. The fourth-order valence-electron chi connectivity index (χ4n) is 3.88. The van der Waals surface area contributed by atoms with Crippen molar-refractivity contribution in [1.82, 2.24) is 24.9 Å². The fourth-order valence-corrected chi connectivity index (χ4v) is 3.88. The lowest BCUT2D eigenvalue weighted by Crippen LogP contribution is -2.12. The highest BCUT2D eigenvalue weighted by molar-refractivity contribution is 5.75. The molecular formula is C22H22N6O. The molecule has 0 bridgehead atoms. The number of rotatable bonds is 4. The van der Waals surface area contributed by atoms with Crippen LogP contribution in [0.2, 0.25) is 0 Å². The molecule has 0 unspecified atom stereocenters. The molecule has 7 nitrogen and oxygen atoms in total. The second-order valence-electron chi connectivity index (χ2n) is 7.45. The summed E-state index contributed by atoms with van der Waals surface area (Å²) in [5.41, 5.74) is 9.57. The van der Waals surface area contributed by atoms with E-state index < -0.39 is 0 Å². The van der Waals surface area contributed by atoms with Crippen LogP contribution in [0.3, 0.4) is 0 Å². The Morgan fingerprint density at radius 1 is 0.966 bits per heavy atom. The minimum absolute atomic E-state index is 0.369. The summed E-state index contributed by atoms with van der Waals surface area (Å²) in [6, 6.07) is 12.1. The highest BCUT2D eigenvalue weighted by atomic mass is 16.5. The topological polar surface area (TPSA) is 95.7 Å². The second-order valence-corrected chi connectivity index (χ2v) is 7.45. The number of hydrogen-bond acceptors (Lipinski definition) is 6. The minimum Gasteiger partial charge on any atom is -0.383 e. The van der Waals surface area contributed by atoms with Gasteiger partial charge in [-0.3, -0.25) is 4.68 Å². The van der Waals surface area contributed by atoms with E-state index in [-0.39, 0.29) is 0 Å². The zero-order chi connectivity index (χ0) is 19.6. The van der Waals surface area contributed by atoms with Crippen molar-refractivity contribution in [3.63, 3.8) is 0 Å². The van der Waals surface area contributed by atoms with Gasteiger partial charge in [0.2, 0.25) is 5.82 Å². The van der Waals surface area contributed by atoms with Crippen LogP contribution in [0.15, 0.2) is 59.5 Å². The van der Waals surface area contributed by atoms with Crippen LogP contribution in [0.1, 0.15) is 38.1 Å². The fraction of sp³-hybridized carbons (Fsp3) is 0.273. The standard InChI is InChI=1S/C22H22N6O/c23-20-19(21-26-22(29-27-21)15-7-3-1-4-8-15)11-16(12-24-20)17-13-25-28(14-17)18-9-5-2-6-10-18/h1,3-4,7-8,11-14,18H,2,5-6,9-10H2,(H2,23,24). The third-order valence-electron chi connectivity index (χ3n) is 5.49. The van der Waals surface area contributed by atoms with Crippen molar-refractivity contribution in [1.29, 1.82) is 0 Å². The maximum Gasteiger partial charge on any atom is 0.258 e. The van der Waals surface area contributed by atoms with Gasteiger partial charge < -0.3 is 10.3 Å². The summed E-state index contributed by atoms with van der Waals surface area (Å²) in [7, 11) is 0. The number of hydrogen-bond donors (Lipinski definition) is 1. The van der Waals surface area contributed by atoms with Crippen molar-refractivity contribution in [3.8, 4) is 34.0 Å². The highest BCUT2D eigenvalue weighted by Gasteiger charge is 2.18. The first-order chi connectivity index (χ1) is 14.3. The Kier molecular flexibility index (Phi) is 4.56. The predicted octanol–water partition coefficient (Wildman–Crippen LogP) is 4.75. The van der Waals surface area contributed by atoms with Gasteiger partial charge in [0.05, 0.1) is 17.8 Å². The maximum atomic E-state index is 6.12. The van der Waals surface area contributed by atoms with Crippen LogP contribution < -0.4 is 5.73 Å². The van der Waals surface area contributed by atoms with E-state index >= 15 is 0 Å². The van der Waals surface area contributed by atoms with Crippen LogP contribution in [-0.4, -0.2) is 24.9 Å². The van der Waals surface area contributed by atoms with E-state index in [1.165, 1.54) is 32.1 Å². The third kappa shape index (κ3) is 3.51. The number of nitrogens with zero attached hydrogens (tertiary/aromatic N) is 5. The Labute approximate surface area is 168 Å². The molecule has 2 N–H and O–H groups in total. The molecule has 3 heterocycles. The first kappa shape index (κ1) is 17.6. The normalized spacial score (nSPS) is 14.9. The summed E-state index contributed by atoms with van der Waals surface area (Å²) >= 11 is 0. The van der Waals surface area contributed by atoms with Crippen LogP contribution in [0, 0.1) is 0 Å². The Hall–Kier alpha value is -3.48. The number of pyridine rings is 1. The Balaban J connectivity index is 1.45. The van der Waals surface area contributed by atoms with Gasteiger partial charge in [0.15, 0.2) is 0 Å². The van der Waals surface area contributed by atoms with E-state index in [9.17, 15) is 0 Å². The number of aromatic nitrogens is 5. The number of benzene rings is 1. The average molecular weight is 386 g/mol. The van der Waals surface area contributed by atoms with Crippen molar-refractivity contribution in [2.24, 2.45) is 0 Å². The Morgan fingerprint density at radius 3 is 2.62 bits per heavy atom. The highest BCUT2D eigenvalue weighted by Crippen LogP contribution is 2.32. The van der Waals surface area contributed by atoms with Crippen molar-refractivity contribution >= 4 is 5.82 Å². The number of anilines is 1. The summed E-state index contributed by atoms with van der Waals surface area (Å²) in [5, 5.41) is 8.70. The van der Waals surface area contributed by atoms with Crippen LogP contribution in [0.4, 0.5) is 5.82 Å². The average Bonchev–Trinajstić information content (AvgIpc) is 3.46. The molecule has 0 amide bonds. The molecule has 0 radical (unpaired) electrons. The van der Waals surface area contributed by atoms with E-state index in [2.05, 4.69) is 31.1 Å². The summed E-state index contributed by atoms with van der Waals surface area (Å²) < 4.78 is 7.52. The van der Waals surface area contributed by atoms with E-state index in [1.807, 2.05) is 42.6 Å². The summed E-state index contributed by atoms with van der Waals surface area (Å²) in [6.45, 7) is 0. The van der Waals surface area contributed by atoms with Gasteiger partial charge in [0.1, 0.15) is 5.82 Å². The van der Waals surface area contributed by atoms with E-state index in [1.54, 1.807) is 6.20 Å². The molecular weight excluding hydrogens is 364 g/mol. The molecule has 0 saturated heterocycles. The van der Waals surface area contributed by atoms with Crippen LogP contribution >= 0.6 is 0 Å². The molecule has 1 saturated carbocycles. The zero-order valence-corrected chi connectivity index (χ0v) is 16.0. The second kappa shape index (κ2) is 7.50. The van der Waals surface area contributed by atoms with Crippen LogP contribution in [0.25, 0.3) is 34.0 Å². The summed E-state index contributed by atoms with van der Waals surface area (Å²) in [6.07, 6.45) is 12.0. The molecule has 0 atom stereocenters. The molecule has 1 aromatic carbocycles. The lowest BCUT2D eigenvalue weighted by molar-refractivity contribution is 0.329. The van der Waals surface area contributed by atoms with Gasteiger partial charge in [-0.05, 0) is 31.0 Å². The van der Waals surface area contributed by atoms with Crippen molar-refractivity contribution in [3.05, 3.63) is 55.0 Å². The monoisotopic (exact) mass is 386 g/mol. The van der Waals surface area contributed by atoms with Crippen LogP contribution in [-0.2, 0) is 0 Å². The van der Waals surface area contributed by atoms with Crippen molar-refractivity contribution in [2.75, 3.05) is 5.73 Å². The maximum absolute atomic E-state index is 6.12. The van der Waals surface area contributed by atoms with Gasteiger partial charge in [-0.25, -0.2) is 4.98 Å². The molecule has 7 heteroatoms. The van der Waals surface area contributed by atoms with Gasteiger partial charge in [-0.1, -0.05) is 42.6 Å². The summed E-state index contributed by atoms with van der Waals surface area (Å²) in [5.74, 6) is 1.25. The Morgan fingerprint density at radius 2 is 1.79 bits per heavy atom. The SMILES string of the molecule is Nc1ncc(-c2cnn(C3CCCCC3)c2)cc1-c1noc(-c2ccccc2)n1. The molecule has 3 aromatic heterocycles. The van der Waals surface area contributed by atoms with Crippen molar-refractivity contribution < 1.29 is 4.52 Å². The van der Waals surface area contributed by atoms with E-state index in [0.717, 1.165) is 16.7 Å². The van der Waals surface area contributed by atoms with E-state index in [0.29, 0.717) is 29.1 Å². The van der Waals surface area contributed by atoms with Gasteiger partial charge in [0, 0.05) is 29.1 Å². The van der Waals surface area contributed by atoms with Gasteiger partial charge in [0.25, 0.3) is 5.89 Å². The molecule has 146 valence electrons. The Bertz CT molecular complexity index is 1110. The number of nitrogens with two attached hydrogens (primary N) is 1. The molecule has 29 heavy (non-hydrogen) atoms. The quantitative estimate of drug-likeness (QED) is 0.544. The molecule has 1 fully saturated rings. The van der Waals surface area contributed by atoms with Gasteiger partial charge in [-0.2, -0.15) is 10.1 Å². The molecule has 0 spiro atoms. The minimum atomic E-state index is 0.369. The molecule has 5 rings (SSSR count).